The summed E-state index contributed by atoms with van der Waals surface area (Å²) in [5.41, 5.74) is 9.54. The van der Waals surface area contributed by atoms with Gasteiger partial charge in [-0.3, -0.25) is 4.79 Å². The summed E-state index contributed by atoms with van der Waals surface area (Å²) >= 11 is 0. The van der Waals surface area contributed by atoms with Crippen LogP contribution in [-0.4, -0.2) is 37.0 Å². The maximum Gasteiger partial charge on any atom is 0.244 e. The lowest BCUT2D eigenvalue weighted by molar-refractivity contribution is -0.133. The third-order valence-corrected chi connectivity index (χ3v) is 4.47. The average molecular weight is 309 g/mol. The molecule has 0 radical (unpaired) electrons. The number of carbonyl (C=O) groups excluding carboxylic acids is 1. The van der Waals surface area contributed by atoms with Crippen molar-refractivity contribution < 1.29 is 4.79 Å². The molecule has 1 aliphatic rings. The molecule has 1 atom stereocenters. The normalized spacial score (nSPS) is 16.3. The fourth-order valence-electron chi connectivity index (χ4n) is 3.09. The summed E-state index contributed by atoms with van der Waals surface area (Å²) in [6.07, 6.45) is 0. The third-order valence-electron chi connectivity index (χ3n) is 4.47. The Bertz CT molecular complexity index is 663. The van der Waals surface area contributed by atoms with Crippen molar-refractivity contribution in [2.75, 3.05) is 31.1 Å². The summed E-state index contributed by atoms with van der Waals surface area (Å²) in [6.45, 7) is 5.25. The van der Waals surface area contributed by atoms with E-state index >= 15 is 0 Å². The van der Waals surface area contributed by atoms with Gasteiger partial charge in [0.1, 0.15) is 6.04 Å². The van der Waals surface area contributed by atoms with Gasteiger partial charge in [0.05, 0.1) is 0 Å². The van der Waals surface area contributed by atoms with Gasteiger partial charge < -0.3 is 15.5 Å². The highest BCUT2D eigenvalue weighted by molar-refractivity contribution is 5.83. The van der Waals surface area contributed by atoms with Crippen LogP contribution in [0.25, 0.3) is 0 Å². The van der Waals surface area contributed by atoms with Gasteiger partial charge in [-0.25, -0.2) is 0 Å². The zero-order valence-electron chi connectivity index (χ0n) is 13.5. The molecule has 0 unspecified atom stereocenters. The first-order valence-corrected chi connectivity index (χ1v) is 8.06. The molecule has 2 N–H and O–H groups in total. The van der Waals surface area contributed by atoms with Crippen LogP contribution < -0.4 is 10.6 Å². The molecule has 0 spiro atoms. The van der Waals surface area contributed by atoms with Gasteiger partial charge in [0.25, 0.3) is 0 Å². The zero-order valence-corrected chi connectivity index (χ0v) is 13.5. The molecule has 1 aliphatic heterocycles. The van der Waals surface area contributed by atoms with Crippen LogP contribution in [-0.2, 0) is 4.79 Å². The Morgan fingerprint density at radius 1 is 0.957 bits per heavy atom. The smallest absolute Gasteiger partial charge is 0.244 e. The molecule has 0 bridgehead atoms. The molecular formula is C19H23N3O. The van der Waals surface area contributed by atoms with Gasteiger partial charge in [0.2, 0.25) is 5.91 Å². The van der Waals surface area contributed by atoms with Crippen molar-refractivity contribution in [3.05, 3.63) is 65.7 Å². The van der Waals surface area contributed by atoms with Crippen LogP contribution in [0.5, 0.6) is 0 Å². The highest BCUT2D eigenvalue weighted by Gasteiger charge is 2.26. The molecule has 4 heteroatoms. The fraction of sp³-hybridized carbons (Fsp3) is 0.316. The molecule has 2 aromatic carbocycles. The molecule has 0 saturated carbocycles. The summed E-state index contributed by atoms with van der Waals surface area (Å²) in [7, 11) is 0. The van der Waals surface area contributed by atoms with Crippen LogP contribution in [0, 0.1) is 6.92 Å². The lowest BCUT2D eigenvalue weighted by Gasteiger charge is -2.37. The van der Waals surface area contributed by atoms with Crippen molar-refractivity contribution in [3.8, 4) is 0 Å². The van der Waals surface area contributed by atoms with Gasteiger partial charge in [-0.1, -0.05) is 48.5 Å². The number of nitrogens with two attached hydrogens (primary N) is 1. The second-order valence-corrected chi connectivity index (χ2v) is 5.99. The largest absolute Gasteiger partial charge is 0.368 e. The van der Waals surface area contributed by atoms with Crippen molar-refractivity contribution in [1.82, 2.24) is 4.90 Å². The van der Waals surface area contributed by atoms with Gasteiger partial charge in [-0.15, -0.1) is 0 Å². The minimum atomic E-state index is -0.568. The van der Waals surface area contributed by atoms with Crippen molar-refractivity contribution in [2.45, 2.75) is 13.0 Å². The highest BCUT2D eigenvalue weighted by Crippen LogP contribution is 2.22. The van der Waals surface area contributed by atoms with Crippen LogP contribution in [0.3, 0.4) is 0 Å². The minimum absolute atomic E-state index is 0.0145. The number of nitrogens with zero attached hydrogens (tertiary/aromatic N) is 2. The van der Waals surface area contributed by atoms with Crippen LogP contribution in [0.4, 0.5) is 5.69 Å². The van der Waals surface area contributed by atoms with Gasteiger partial charge in [-0.2, -0.15) is 0 Å². The molecular weight excluding hydrogens is 286 g/mol. The van der Waals surface area contributed by atoms with E-state index in [1.807, 2.05) is 35.2 Å². The second-order valence-electron chi connectivity index (χ2n) is 5.99. The fourth-order valence-corrected chi connectivity index (χ4v) is 3.09. The maximum atomic E-state index is 12.6. The first-order valence-electron chi connectivity index (χ1n) is 8.06. The van der Waals surface area contributed by atoms with Crippen LogP contribution in [0.15, 0.2) is 54.6 Å². The van der Waals surface area contributed by atoms with Crippen molar-refractivity contribution in [2.24, 2.45) is 5.73 Å². The average Bonchev–Trinajstić information content (AvgIpc) is 2.62. The van der Waals surface area contributed by atoms with E-state index < -0.39 is 6.04 Å². The molecule has 23 heavy (non-hydrogen) atoms. The molecule has 1 amide bonds. The lowest BCUT2D eigenvalue weighted by atomic mass is 10.1. The Morgan fingerprint density at radius 3 is 2.22 bits per heavy atom. The number of amides is 1. The third kappa shape index (κ3) is 3.37. The quantitative estimate of drug-likeness (QED) is 0.947. The number of piperazine rings is 1. The zero-order chi connectivity index (χ0) is 16.2. The van der Waals surface area contributed by atoms with E-state index in [4.69, 9.17) is 5.73 Å². The van der Waals surface area contributed by atoms with E-state index in [2.05, 4.69) is 36.1 Å². The van der Waals surface area contributed by atoms with Crippen LogP contribution >= 0.6 is 0 Å². The Hall–Kier alpha value is -2.33. The maximum absolute atomic E-state index is 12.6. The van der Waals surface area contributed by atoms with E-state index in [-0.39, 0.29) is 5.91 Å². The van der Waals surface area contributed by atoms with Crippen LogP contribution in [0.1, 0.15) is 17.2 Å². The molecule has 2 aromatic rings. The predicted octanol–water partition coefficient (Wildman–Crippen LogP) is 2.34. The first-order chi connectivity index (χ1) is 11.2. The highest BCUT2D eigenvalue weighted by atomic mass is 16.2. The number of anilines is 1. The van der Waals surface area contributed by atoms with E-state index in [0.717, 1.165) is 18.7 Å². The molecule has 0 aliphatic carbocycles. The van der Waals surface area contributed by atoms with E-state index in [1.165, 1.54) is 11.3 Å². The van der Waals surface area contributed by atoms with Crippen LogP contribution in [0.2, 0.25) is 0 Å². The van der Waals surface area contributed by atoms with Crippen molar-refractivity contribution in [3.63, 3.8) is 0 Å². The number of hydrogen-bond donors (Lipinski definition) is 1. The molecule has 1 heterocycles. The molecule has 0 aromatic heterocycles. The van der Waals surface area contributed by atoms with Crippen molar-refractivity contribution in [1.29, 1.82) is 0 Å². The molecule has 3 rings (SSSR count). The standard InChI is InChI=1S/C19H23N3O/c1-15-7-5-6-10-17(15)21-11-13-22(14-12-21)19(23)18(20)16-8-3-2-4-9-16/h2-10,18H,11-14,20H2,1H3/t18-/m1/s1. The van der Waals surface area contributed by atoms with Gasteiger partial charge >= 0.3 is 0 Å². The minimum Gasteiger partial charge on any atom is -0.368 e. The van der Waals surface area contributed by atoms with Gasteiger partial charge in [0.15, 0.2) is 0 Å². The number of hydrogen-bond acceptors (Lipinski definition) is 3. The predicted molar refractivity (Wildman–Crippen MR) is 93.3 cm³/mol. The molecule has 1 saturated heterocycles. The van der Waals surface area contributed by atoms with E-state index in [1.54, 1.807) is 0 Å². The Kier molecular flexibility index (Phi) is 4.63. The number of para-hydroxylation sites is 1. The number of aryl methyl sites for hydroxylation is 1. The Balaban J connectivity index is 1.63. The van der Waals surface area contributed by atoms with Gasteiger partial charge in [-0.05, 0) is 24.1 Å². The summed E-state index contributed by atoms with van der Waals surface area (Å²) in [5, 5.41) is 0. The summed E-state index contributed by atoms with van der Waals surface area (Å²) < 4.78 is 0. The van der Waals surface area contributed by atoms with Gasteiger partial charge in [0, 0.05) is 31.9 Å². The van der Waals surface area contributed by atoms with Crippen molar-refractivity contribution >= 4 is 11.6 Å². The monoisotopic (exact) mass is 309 g/mol. The molecule has 4 nitrogen and oxygen atoms in total. The number of benzene rings is 2. The first kappa shape index (κ1) is 15.6. The second kappa shape index (κ2) is 6.84. The SMILES string of the molecule is Cc1ccccc1N1CCN(C(=O)[C@H](N)c2ccccc2)CC1. The number of rotatable bonds is 3. The Morgan fingerprint density at radius 2 is 1.57 bits per heavy atom. The summed E-state index contributed by atoms with van der Waals surface area (Å²) in [6, 6.07) is 17.4. The van der Waals surface area contributed by atoms with E-state index in [0.29, 0.717) is 13.1 Å². The number of carbonyl (C=O) groups is 1. The topological polar surface area (TPSA) is 49.6 Å². The molecule has 120 valence electrons. The summed E-state index contributed by atoms with van der Waals surface area (Å²) in [4.78, 5) is 16.8. The van der Waals surface area contributed by atoms with E-state index in [9.17, 15) is 4.79 Å². The Labute approximate surface area is 137 Å². The lowest BCUT2D eigenvalue weighted by Crippen LogP contribution is -2.51. The summed E-state index contributed by atoms with van der Waals surface area (Å²) in [5.74, 6) is 0.0145. The molecule has 1 fully saturated rings.